The predicted octanol–water partition coefficient (Wildman–Crippen LogP) is 3.59. The molecule has 0 amide bonds. The summed E-state index contributed by atoms with van der Waals surface area (Å²) in [6.07, 6.45) is 9.39. The van der Waals surface area contributed by atoms with Crippen LogP contribution in [-0.2, 0) is 6.54 Å². The molecule has 1 aromatic heterocycles. The lowest BCUT2D eigenvalue weighted by atomic mass is 9.94. The summed E-state index contributed by atoms with van der Waals surface area (Å²) in [5.74, 6) is 0.718. The Kier molecular flexibility index (Phi) is 4.71. The topological polar surface area (TPSA) is 17.8 Å². The largest absolute Gasteiger partial charge is 0.273 e. The fraction of sp³-hybridized carbons (Fsp3) is 0.750. The van der Waals surface area contributed by atoms with Crippen molar-refractivity contribution in [2.75, 3.05) is 0 Å². The Morgan fingerprint density at radius 1 is 1.36 bits per heavy atom. The molecular weight excluding hydrogens is 172 g/mol. The normalized spacial score (nSPS) is 13.1. The minimum atomic E-state index is 0.718. The highest BCUT2D eigenvalue weighted by Crippen LogP contribution is 2.24. The van der Waals surface area contributed by atoms with Gasteiger partial charge in [-0.05, 0) is 31.2 Å². The molecule has 0 fully saturated rings. The van der Waals surface area contributed by atoms with Crippen molar-refractivity contribution in [3.05, 3.63) is 18.0 Å². The molecule has 0 radical (unpaired) electrons. The first-order valence-electron chi connectivity index (χ1n) is 5.84. The number of aromatic nitrogens is 2. The van der Waals surface area contributed by atoms with E-state index < -0.39 is 0 Å². The lowest BCUT2D eigenvalue weighted by Crippen LogP contribution is -1.96. The molecule has 0 aromatic carbocycles. The van der Waals surface area contributed by atoms with Crippen LogP contribution < -0.4 is 0 Å². The van der Waals surface area contributed by atoms with Crippen molar-refractivity contribution in [3.63, 3.8) is 0 Å². The van der Waals surface area contributed by atoms with Crippen molar-refractivity contribution in [1.82, 2.24) is 9.78 Å². The Hall–Kier alpha value is -0.790. The molecule has 0 bridgehead atoms. The van der Waals surface area contributed by atoms with Gasteiger partial charge in [0.1, 0.15) is 0 Å². The highest BCUT2D eigenvalue weighted by atomic mass is 15.3. The molecule has 0 N–H and O–H groups in total. The molecular formula is C12H22N2. The Balaban J connectivity index is 2.58. The lowest BCUT2D eigenvalue weighted by molar-refractivity contribution is 0.568. The minimum Gasteiger partial charge on any atom is -0.273 e. The van der Waals surface area contributed by atoms with Crippen LogP contribution in [-0.4, -0.2) is 9.78 Å². The molecule has 1 aromatic rings. The summed E-state index contributed by atoms with van der Waals surface area (Å²) < 4.78 is 2.02. The van der Waals surface area contributed by atoms with Crippen molar-refractivity contribution in [2.45, 2.75) is 58.9 Å². The molecule has 0 aliphatic carbocycles. The van der Waals surface area contributed by atoms with Crippen LogP contribution >= 0.6 is 0 Å². The standard InChI is InChI=1S/C12H22N2/c1-4-7-8-11(5-2)12-9-13-14(6-3)10-12/h9-11H,4-8H2,1-3H3. The highest BCUT2D eigenvalue weighted by Gasteiger charge is 2.10. The number of aryl methyl sites for hydroxylation is 1. The van der Waals surface area contributed by atoms with Crippen molar-refractivity contribution >= 4 is 0 Å². The first-order valence-corrected chi connectivity index (χ1v) is 5.84. The Morgan fingerprint density at radius 2 is 2.14 bits per heavy atom. The van der Waals surface area contributed by atoms with Gasteiger partial charge in [0, 0.05) is 12.7 Å². The Labute approximate surface area is 87.3 Å². The van der Waals surface area contributed by atoms with Crippen molar-refractivity contribution in [2.24, 2.45) is 0 Å². The second-order valence-electron chi connectivity index (χ2n) is 3.88. The van der Waals surface area contributed by atoms with Gasteiger partial charge in [0.15, 0.2) is 0 Å². The SMILES string of the molecule is CCCCC(CC)c1cnn(CC)c1. The smallest absolute Gasteiger partial charge is 0.0524 e. The summed E-state index contributed by atoms with van der Waals surface area (Å²) in [7, 11) is 0. The van der Waals surface area contributed by atoms with Crippen LogP contribution in [0.2, 0.25) is 0 Å². The molecule has 0 aliphatic rings. The molecule has 1 atom stereocenters. The van der Waals surface area contributed by atoms with E-state index in [0.29, 0.717) is 0 Å². The number of nitrogens with zero attached hydrogens (tertiary/aromatic N) is 2. The minimum absolute atomic E-state index is 0.718. The molecule has 2 heteroatoms. The monoisotopic (exact) mass is 194 g/mol. The van der Waals surface area contributed by atoms with E-state index in [9.17, 15) is 0 Å². The molecule has 0 spiro atoms. The number of hydrogen-bond donors (Lipinski definition) is 0. The molecule has 2 nitrogen and oxygen atoms in total. The van der Waals surface area contributed by atoms with Gasteiger partial charge in [-0.15, -0.1) is 0 Å². The van der Waals surface area contributed by atoms with Crippen LogP contribution in [0.5, 0.6) is 0 Å². The molecule has 0 saturated carbocycles. The van der Waals surface area contributed by atoms with E-state index in [4.69, 9.17) is 0 Å². The average Bonchev–Trinajstić information content (AvgIpc) is 2.68. The van der Waals surface area contributed by atoms with Crippen LogP contribution in [0.25, 0.3) is 0 Å². The zero-order chi connectivity index (χ0) is 10.4. The van der Waals surface area contributed by atoms with E-state index in [1.54, 1.807) is 0 Å². The van der Waals surface area contributed by atoms with E-state index in [1.165, 1.54) is 31.2 Å². The predicted molar refractivity (Wildman–Crippen MR) is 60.5 cm³/mol. The summed E-state index contributed by atoms with van der Waals surface area (Å²) in [4.78, 5) is 0. The van der Waals surface area contributed by atoms with Gasteiger partial charge in [-0.25, -0.2) is 0 Å². The second kappa shape index (κ2) is 5.84. The summed E-state index contributed by atoms with van der Waals surface area (Å²) in [6.45, 7) is 7.62. The molecule has 1 unspecified atom stereocenters. The van der Waals surface area contributed by atoms with Gasteiger partial charge < -0.3 is 0 Å². The van der Waals surface area contributed by atoms with Gasteiger partial charge in [-0.2, -0.15) is 5.10 Å². The van der Waals surface area contributed by atoms with Gasteiger partial charge in [0.25, 0.3) is 0 Å². The van der Waals surface area contributed by atoms with Gasteiger partial charge in [-0.1, -0.05) is 26.7 Å². The maximum atomic E-state index is 4.33. The van der Waals surface area contributed by atoms with E-state index in [1.807, 2.05) is 10.9 Å². The molecule has 0 saturated heterocycles. The summed E-state index contributed by atoms with van der Waals surface area (Å²) in [6, 6.07) is 0. The average molecular weight is 194 g/mol. The van der Waals surface area contributed by atoms with E-state index in [2.05, 4.69) is 32.1 Å². The third-order valence-corrected chi connectivity index (χ3v) is 2.85. The fourth-order valence-electron chi connectivity index (χ4n) is 1.82. The van der Waals surface area contributed by atoms with Crippen LogP contribution in [0, 0.1) is 0 Å². The van der Waals surface area contributed by atoms with Gasteiger partial charge in [-0.3, -0.25) is 4.68 Å². The molecule has 1 heterocycles. The van der Waals surface area contributed by atoms with Crippen LogP contribution in [0.4, 0.5) is 0 Å². The maximum absolute atomic E-state index is 4.33. The van der Waals surface area contributed by atoms with E-state index in [0.717, 1.165) is 12.5 Å². The van der Waals surface area contributed by atoms with Crippen molar-refractivity contribution in [3.8, 4) is 0 Å². The van der Waals surface area contributed by atoms with Gasteiger partial charge in [0.05, 0.1) is 6.20 Å². The molecule has 1 rings (SSSR count). The van der Waals surface area contributed by atoms with Crippen LogP contribution in [0.1, 0.15) is 57.9 Å². The second-order valence-corrected chi connectivity index (χ2v) is 3.88. The zero-order valence-corrected chi connectivity index (χ0v) is 9.66. The fourth-order valence-corrected chi connectivity index (χ4v) is 1.82. The molecule has 80 valence electrons. The Bertz CT molecular complexity index is 253. The number of unbranched alkanes of at least 4 members (excludes halogenated alkanes) is 1. The summed E-state index contributed by atoms with van der Waals surface area (Å²) in [5.41, 5.74) is 1.42. The third-order valence-electron chi connectivity index (χ3n) is 2.85. The van der Waals surface area contributed by atoms with Gasteiger partial charge >= 0.3 is 0 Å². The lowest BCUT2D eigenvalue weighted by Gasteiger charge is -2.11. The molecule has 0 aliphatic heterocycles. The number of hydrogen-bond acceptors (Lipinski definition) is 1. The quantitative estimate of drug-likeness (QED) is 0.676. The summed E-state index contributed by atoms with van der Waals surface area (Å²) in [5, 5.41) is 4.33. The van der Waals surface area contributed by atoms with Crippen molar-refractivity contribution in [1.29, 1.82) is 0 Å². The van der Waals surface area contributed by atoms with Crippen LogP contribution in [0.3, 0.4) is 0 Å². The molecule has 14 heavy (non-hydrogen) atoms. The zero-order valence-electron chi connectivity index (χ0n) is 9.66. The van der Waals surface area contributed by atoms with E-state index >= 15 is 0 Å². The van der Waals surface area contributed by atoms with Crippen LogP contribution in [0.15, 0.2) is 12.4 Å². The maximum Gasteiger partial charge on any atom is 0.0524 e. The first kappa shape index (κ1) is 11.3. The van der Waals surface area contributed by atoms with Gasteiger partial charge in [0.2, 0.25) is 0 Å². The summed E-state index contributed by atoms with van der Waals surface area (Å²) >= 11 is 0. The third kappa shape index (κ3) is 2.86. The van der Waals surface area contributed by atoms with E-state index in [-0.39, 0.29) is 0 Å². The highest BCUT2D eigenvalue weighted by molar-refractivity contribution is 5.10. The Morgan fingerprint density at radius 3 is 2.64 bits per heavy atom. The first-order chi connectivity index (χ1) is 6.81. The van der Waals surface area contributed by atoms with Crippen molar-refractivity contribution < 1.29 is 0 Å². The number of rotatable bonds is 6.